The van der Waals surface area contributed by atoms with Crippen LogP contribution in [0.25, 0.3) is 15.9 Å². The second kappa shape index (κ2) is 6.61. The highest BCUT2D eigenvalue weighted by Gasteiger charge is 2.33. The van der Waals surface area contributed by atoms with Gasteiger partial charge in [-0.15, -0.1) is 11.3 Å². The molecule has 0 N–H and O–H groups in total. The highest BCUT2D eigenvalue weighted by atomic mass is 35.5. The van der Waals surface area contributed by atoms with Gasteiger partial charge in [0.1, 0.15) is 4.83 Å². The summed E-state index contributed by atoms with van der Waals surface area (Å²) >= 11 is 7.46. The molecule has 0 bridgehead atoms. The van der Waals surface area contributed by atoms with Crippen molar-refractivity contribution >= 4 is 48.9 Å². The molecule has 0 aliphatic carbocycles. The monoisotopic (exact) mass is 423 g/mol. The predicted molar refractivity (Wildman–Crippen MR) is 108 cm³/mol. The Labute approximate surface area is 166 Å². The fourth-order valence-electron chi connectivity index (χ4n) is 3.36. The van der Waals surface area contributed by atoms with Gasteiger partial charge in [-0.3, -0.25) is 4.79 Å². The predicted octanol–water partition coefficient (Wildman–Crippen LogP) is 3.31. The van der Waals surface area contributed by atoms with Gasteiger partial charge in [-0.25, -0.2) is 13.1 Å². The van der Waals surface area contributed by atoms with Crippen LogP contribution in [0.4, 0.5) is 0 Å². The fourth-order valence-corrected chi connectivity index (χ4v) is 6.48. The van der Waals surface area contributed by atoms with Crippen LogP contribution in [-0.2, 0) is 9.84 Å². The van der Waals surface area contributed by atoms with Crippen LogP contribution in [0.15, 0.2) is 30.3 Å². The minimum absolute atomic E-state index is 0.0372. The molecule has 1 fully saturated rings. The van der Waals surface area contributed by atoms with Crippen LogP contribution < -0.4 is 0 Å². The van der Waals surface area contributed by atoms with E-state index in [0.717, 1.165) is 21.6 Å². The Morgan fingerprint density at radius 3 is 2.81 bits per heavy atom. The van der Waals surface area contributed by atoms with Crippen molar-refractivity contribution in [3.8, 4) is 5.69 Å². The molecule has 1 saturated heterocycles. The van der Waals surface area contributed by atoms with E-state index in [1.807, 2.05) is 31.2 Å². The van der Waals surface area contributed by atoms with E-state index in [1.165, 1.54) is 11.3 Å². The average molecular weight is 424 g/mol. The smallest absolute Gasteiger partial charge is 0.264 e. The van der Waals surface area contributed by atoms with Crippen LogP contribution in [0.3, 0.4) is 0 Å². The van der Waals surface area contributed by atoms with Crippen LogP contribution in [0.2, 0.25) is 5.02 Å². The first kappa shape index (κ1) is 18.5. The van der Waals surface area contributed by atoms with Gasteiger partial charge < -0.3 is 4.90 Å². The molecule has 9 heteroatoms. The molecule has 2 aromatic heterocycles. The van der Waals surface area contributed by atoms with E-state index in [-0.39, 0.29) is 23.5 Å². The van der Waals surface area contributed by atoms with Crippen LogP contribution in [0, 0.1) is 6.92 Å². The molecule has 4 rings (SSSR count). The van der Waals surface area contributed by atoms with Gasteiger partial charge in [0.25, 0.3) is 5.91 Å². The van der Waals surface area contributed by atoms with Gasteiger partial charge in [-0.05, 0) is 37.6 Å². The summed E-state index contributed by atoms with van der Waals surface area (Å²) in [4.78, 5) is 15.9. The van der Waals surface area contributed by atoms with Gasteiger partial charge >= 0.3 is 0 Å². The molecular formula is C18H18ClN3O3S2. The number of amides is 1. The first-order chi connectivity index (χ1) is 12.7. The average Bonchev–Trinajstić information content (AvgIpc) is 3.28. The second-order valence-electron chi connectivity index (χ2n) is 6.78. The Hall–Kier alpha value is -1.90. The van der Waals surface area contributed by atoms with Crippen molar-refractivity contribution in [1.82, 2.24) is 14.7 Å². The molecule has 1 aliphatic heterocycles. The number of nitrogens with zero attached hydrogens (tertiary/aromatic N) is 3. The second-order valence-corrected chi connectivity index (χ2v) is 10.5. The molecule has 0 spiro atoms. The summed E-state index contributed by atoms with van der Waals surface area (Å²) < 4.78 is 25.2. The lowest BCUT2D eigenvalue weighted by Gasteiger charge is -2.22. The number of aromatic nitrogens is 2. The van der Waals surface area contributed by atoms with Crippen LogP contribution >= 0.6 is 22.9 Å². The van der Waals surface area contributed by atoms with Gasteiger partial charge in [0.15, 0.2) is 9.84 Å². The molecule has 1 unspecified atom stereocenters. The molecule has 142 valence electrons. The van der Waals surface area contributed by atoms with E-state index in [1.54, 1.807) is 22.7 Å². The summed E-state index contributed by atoms with van der Waals surface area (Å²) in [5.74, 6) is 0.0235. The summed E-state index contributed by atoms with van der Waals surface area (Å²) in [6.45, 7) is 1.90. The van der Waals surface area contributed by atoms with Crippen LogP contribution in [0.5, 0.6) is 0 Å². The first-order valence-electron chi connectivity index (χ1n) is 8.48. The zero-order valence-corrected chi connectivity index (χ0v) is 17.2. The lowest BCUT2D eigenvalue weighted by Crippen LogP contribution is -2.37. The Kier molecular flexibility index (Phi) is 4.52. The molecule has 1 aromatic carbocycles. The van der Waals surface area contributed by atoms with E-state index in [9.17, 15) is 13.2 Å². The molecule has 3 heterocycles. The topological polar surface area (TPSA) is 72.3 Å². The van der Waals surface area contributed by atoms with Crippen LogP contribution in [0.1, 0.15) is 21.8 Å². The Morgan fingerprint density at radius 1 is 1.37 bits per heavy atom. The van der Waals surface area contributed by atoms with Gasteiger partial charge in [0, 0.05) is 23.5 Å². The molecule has 27 heavy (non-hydrogen) atoms. The number of aryl methyl sites for hydroxylation is 1. The molecule has 3 aromatic rings. The van der Waals surface area contributed by atoms with Gasteiger partial charge in [0.05, 0.1) is 27.8 Å². The number of hydrogen-bond acceptors (Lipinski definition) is 5. The summed E-state index contributed by atoms with van der Waals surface area (Å²) in [6.07, 6.45) is 0.491. The third-order valence-corrected chi connectivity index (χ3v) is 7.97. The Morgan fingerprint density at radius 2 is 2.15 bits per heavy atom. The quantitative estimate of drug-likeness (QED) is 0.647. The van der Waals surface area contributed by atoms with Gasteiger partial charge in [0.2, 0.25) is 0 Å². The largest absolute Gasteiger partial charge is 0.337 e. The molecule has 1 atom stereocenters. The number of sulfone groups is 1. The molecular weight excluding hydrogens is 406 g/mol. The minimum atomic E-state index is -3.04. The number of halogens is 1. The van der Waals surface area contributed by atoms with Crippen molar-refractivity contribution in [2.45, 2.75) is 19.4 Å². The van der Waals surface area contributed by atoms with Gasteiger partial charge in [-0.2, -0.15) is 5.10 Å². The standard InChI is InChI=1S/C18H18ClN3O3S2/c1-11-15-9-16(17(23)21(2)14-6-7-27(24,25)10-14)26-18(15)22(20-11)13-5-3-4-12(19)8-13/h3-5,8-9,14H,6-7,10H2,1-2H3. The highest BCUT2D eigenvalue weighted by molar-refractivity contribution is 7.91. The number of carbonyl (C=O) groups is 1. The van der Waals surface area contributed by atoms with Gasteiger partial charge in [-0.1, -0.05) is 17.7 Å². The number of hydrogen-bond donors (Lipinski definition) is 0. The maximum absolute atomic E-state index is 12.9. The minimum Gasteiger partial charge on any atom is -0.337 e. The van der Waals surface area contributed by atoms with Crippen molar-refractivity contribution < 1.29 is 13.2 Å². The highest BCUT2D eigenvalue weighted by Crippen LogP contribution is 2.32. The number of rotatable bonds is 3. The van der Waals surface area contributed by atoms with E-state index in [0.29, 0.717) is 16.3 Å². The fraction of sp³-hybridized carbons (Fsp3) is 0.333. The van der Waals surface area contributed by atoms with Crippen molar-refractivity contribution in [2.75, 3.05) is 18.6 Å². The van der Waals surface area contributed by atoms with Crippen LogP contribution in [-0.4, -0.2) is 53.6 Å². The molecule has 0 radical (unpaired) electrons. The zero-order chi connectivity index (χ0) is 19.3. The van der Waals surface area contributed by atoms with E-state index in [4.69, 9.17) is 11.6 Å². The summed E-state index contributed by atoms with van der Waals surface area (Å²) in [6, 6.07) is 8.96. The number of carbonyl (C=O) groups excluding carboxylic acids is 1. The summed E-state index contributed by atoms with van der Waals surface area (Å²) in [5, 5.41) is 6.09. The van der Waals surface area contributed by atoms with Crippen molar-refractivity contribution in [1.29, 1.82) is 0 Å². The third-order valence-electron chi connectivity index (χ3n) is 4.88. The lowest BCUT2D eigenvalue weighted by molar-refractivity contribution is 0.0752. The third kappa shape index (κ3) is 3.37. The Bertz CT molecular complexity index is 1150. The van der Waals surface area contributed by atoms with E-state index in [2.05, 4.69) is 5.10 Å². The summed E-state index contributed by atoms with van der Waals surface area (Å²) in [5.41, 5.74) is 1.66. The normalized spacial score (nSPS) is 18.9. The lowest BCUT2D eigenvalue weighted by atomic mass is 10.2. The first-order valence-corrected chi connectivity index (χ1v) is 11.5. The maximum Gasteiger partial charge on any atom is 0.264 e. The zero-order valence-electron chi connectivity index (χ0n) is 14.8. The van der Waals surface area contributed by atoms with Crippen molar-refractivity contribution in [2.24, 2.45) is 0 Å². The Balaban J connectivity index is 1.70. The molecule has 6 nitrogen and oxygen atoms in total. The molecule has 1 aliphatic rings. The maximum atomic E-state index is 12.9. The molecule has 0 saturated carbocycles. The number of fused-ring (bicyclic) bond motifs is 1. The molecule has 1 amide bonds. The SMILES string of the molecule is Cc1nn(-c2cccc(Cl)c2)c2sc(C(=O)N(C)C3CCS(=O)(=O)C3)cc12. The van der Waals surface area contributed by atoms with E-state index < -0.39 is 9.84 Å². The number of benzene rings is 1. The number of thiophene rings is 1. The van der Waals surface area contributed by atoms with Crippen molar-refractivity contribution in [3.63, 3.8) is 0 Å². The van der Waals surface area contributed by atoms with E-state index >= 15 is 0 Å². The van der Waals surface area contributed by atoms with Crippen molar-refractivity contribution in [3.05, 3.63) is 45.9 Å². The summed E-state index contributed by atoms with van der Waals surface area (Å²) in [7, 11) is -1.37.